The van der Waals surface area contributed by atoms with Gasteiger partial charge in [0.2, 0.25) is 5.91 Å². The predicted octanol–water partition coefficient (Wildman–Crippen LogP) is 2.22. The maximum atomic E-state index is 11.4. The number of amides is 1. The first-order chi connectivity index (χ1) is 10.0. The van der Waals surface area contributed by atoms with Crippen LogP contribution in [0, 0.1) is 0 Å². The van der Waals surface area contributed by atoms with Crippen LogP contribution >= 0.6 is 0 Å². The van der Waals surface area contributed by atoms with Gasteiger partial charge in [0, 0.05) is 24.8 Å². The second-order valence-corrected chi connectivity index (χ2v) is 4.01. The summed E-state index contributed by atoms with van der Waals surface area (Å²) in [5.41, 5.74) is 8.50. The Morgan fingerprint density at radius 3 is 2.38 bits per heavy atom. The van der Waals surface area contributed by atoms with Crippen LogP contribution in [-0.4, -0.2) is 31.6 Å². The Labute approximate surface area is 123 Å². The van der Waals surface area contributed by atoms with Gasteiger partial charge in [0.05, 0.1) is 7.11 Å². The summed E-state index contributed by atoms with van der Waals surface area (Å²) < 4.78 is 4.63. The molecule has 0 bridgehead atoms. The van der Waals surface area contributed by atoms with Gasteiger partial charge < -0.3 is 10.1 Å². The molecular formula is C14H20N4O3. The molecule has 1 amide bonds. The summed E-state index contributed by atoms with van der Waals surface area (Å²) in [6, 6.07) is 8.85. The van der Waals surface area contributed by atoms with E-state index in [0.29, 0.717) is 13.0 Å². The Morgan fingerprint density at radius 1 is 1.38 bits per heavy atom. The van der Waals surface area contributed by atoms with Crippen LogP contribution in [0.15, 0.2) is 35.4 Å². The molecule has 0 aliphatic heterocycles. The van der Waals surface area contributed by atoms with Crippen molar-refractivity contribution in [3.8, 4) is 0 Å². The lowest BCUT2D eigenvalue weighted by molar-refractivity contribution is -0.144. The molecule has 7 nitrogen and oxygen atoms in total. The number of azide groups is 1. The smallest absolute Gasteiger partial charge is 0.328 e. The molecule has 0 fully saturated rings. The standard InChI is InChI=1S/C12H15NO3.C2H5N3/c1-9(14)13-11(12(15)16-2)8-10-6-4-3-5-7-10;1-2-4-5-3/h3-7,11H,8H2,1-2H3,(H,13,14);2H2,1H3. The normalized spacial score (nSPS) is 10.2. The Morgan fingerprint density at radius 2 is 2.00 bits per heavy atom. The van der Waals surface area contributed by atoms with Crippen molar-refractivity contribution in [2.24, 2.45) is 5.11 Å². The van der Waals surface area contributed by atoms with Gasteiger partial charge in [-0.3, -0.25) is 4.79 Å². The number of esters is 1. The lowest BCUT2D eigenvalue weighted by atomic mass is 10.1. The molecule has 0 saturated heterocycles. The molecule has 1 rings (SSSR count). The van der Waals surface area contributed by atoms with E-state index in [-0.39, 0.29) is 5.91 Å². The zero-order chi connectivity index (χ0) is 16.1. The fourth-order valence-corrected chi connectivity index (χ4v) is 1.49. The first-order valence-electron chi connectivity index (χ1n) is 6.44. The fraction of sp³-hybridized carbons (Fsp3) is 0.429. The van der Waals surface area contributed by atoms with Crippen LogP contribution in [0.3, 0.4) is 0 Å². The topological polar surface area (TPSA) is 104 Å². The molecule has 1 N–H and O–H groups in total. The maximum Gasteiger partial charge on any atom is 0.328 e. The molecule has 21 heavy (non-hydrogen) atoms. The molecule has 0 aliphatic rings. The number of carbonyl (C=O) groups is 2. The van der Waals surface area contributed by atoms with E-state index >= 15 is 0 Å². The first kappa shape index (κ1) is 18.5. The third-order valence-electron chi connectivity index (χ3n) is 2.35. The molecule has 1 unspecified atom stereocenters. The fourth-order valence-electron chi connectivity index (χ4n) is 1.49. The number of hydrogen-bond donors (Lipinski definition) is 1. The summed E-state index contributed by atoms with van der Waals surface area (Å²) in [6.45, 7) is 3.72. The molecule has 114 valence electrons. The average Bonchev–Trinajstić information content (AvgIpc) is 2.48. The number of benzene rings is 1. The van der Waals surface area contributed by atoms with Gasteiger partial charge >= 0.3 is 5.97 Å². The van der Waals surface area contributed by atoms with Crippen molar-refractivity contribution in [3.63, 3.8) is 0 Å². The van der Waals surface area contributed by atoms with Gasteiger partial charge in [0.1, 0.15) is 6.04 Å². The van der Waals surface area contributed by atoms with Gasteiger partial charge in [-0.2, -0.15) is 0 Å². The molecular weight excluding hydrogens is 272 g/mol. The highest BCUT2D eigenvalue weighted by atomic mass is 16.5. The highest BCUT2D eigenvalue weighted by Crippen LogP contribution is 2.04. The van der Waals surface area contributed by atoms with Crippen LogP contribution in [0.5, 0.6) is 0 Å². The van der Waals surface area contributed by atoms with Crippen LogP contribution in [0.1, 0.15) is 19.4 Å². The number of nitrogens with one attached hydrogen (secondary N) is 1. The number of nitrogens with zero attached hydrogens (tertiary/aromatic N) is 3. The number of hydrogen-bond acceptors (Lipinski definition) is 4. The minimum absolute atomic E-state index is 0.244. The molecule has 0 radical (unpaired) electrons. The van der Waals surface area contributed by atoms with Crippen molar-refractivity contribution in [1.29, 1.82) is 0 Å². The summed E-state index contributed by atoms with van der Waals surface area (Å²) in [6.07, 6.45) is 0.438. The zero-order valence-electron chi connectivity index (χ0n) is 12.4. The van der Waals surface area contributed by atoms with Crippen LogP contribution < -0.4 is 5.32 Å². The summed E-state index contributed by atoms with van der Waals surface area (Å²) >= 11 is 0. The summed E-state index contributed by atoms with van der Waals surface area (Å²) in [7, 11) is 1.31. The molecule has 0 heterocycles. The van der Waals surface area contributed by atoms with Gasteiger partial charge in [-0.05, 0) is 11.1 Å². The average molecular weight is 292 g/mol. The molecule has 7 heteroatoms. The van der Waals surface area contributed by atoms with Crippen LogP contribution in [0.4, 0.5) is 0 Å². The van der Waals surface area contributed by atoms with E-state index in [9.17, 15) is 9.59 Å². The third-order valence-corrected chi connectivity index (χ3v) is 2.35. The third kappa shape index (κ3) is 9.07. The second-order valence-electron chi connectivity index (χ2n) is 4.01. The Balaban J connectivity index is 0.000000690. The SMILES string of the molecule is CCN=[N+]=[N-].COC(=O)C(Cc1ccccc1)NC(C)=O. The molecule has 0 spiro atoms. The molecule has 0 saturated carbocycles. The van der Waals surface area contributed by atoms with Gasteiger partial charge in [-0.1, -0.05) is 42.4 Å². The lowest BCUT2D eigenvalue weighted by Gasteiger charge is -2.15. The van der Waals surface area contributed by atoms with E-state index in [2.05, 4.69) is 20.1 Å². The zero-order valence-corrected chi connectivity index (χ0v) is 12.4. The summed E-state index contributed by atoms with van der Waals surface area (Å²) in [4.78, 5) is 24.8. The van der Waals surface area contributed by atoms with Crippen molar-refractivity contribution >= 4 is 11.9 Å². The van der Waals surface area contributed by atoms with Crippen LogP contribution in [0.2, 0.25) is 0 Å². The van der Waals surface area contributed by atoms with E-state index in [0.717, 1.165) is 5.56 Å². The van der Waals surface area contributed by atoms with Crippen molar-refractivity contribution in [3.05, 3.63) is 46.3 Å². The Kier molecular flexibility index (Phi) is 9.95. The number of methoxy groups -OCH3 is 1. The number of carbonyl (C=O) groups excluding carboxylic acids is 2. The summed E-state index contributed by atoms with van der Waals surface area (Å²) in [5, 5.41) is 5.72. The highest BCUT2D eigenvalue weighted by Gasteiger charge is 2.20. The van der Waals surface area contributed by atoms with Crippen molar-refractivity contribution in [2.45, 2.75) is 26.3 Å². The van der Waals surface area contributed by atoms with E-state index < -0.39 is 12.0 Å². The van der Waals surface area contributed by atoms with Gasteiger partial charge in [0.25, 0.3) is 0 Å². The van der Waals surface area contributed by atoms with E-state index in [1.807, 2.05) is 30.3 Å². The largest absolute Gasteiger partial charge is 0.467 e. The van der Waals surface area contributed by atoms with Gasteiger partial charge in [0.15, 0.2) is 0 Å². The van der Waals surface area contributed by atoms with E-state index in [1.165, 1.54) is 14.0 Å². The molecule has 1 aromatic carbocycles. The molecule has 1 atom stereocenters. The lowest BCUT2D eigenvalue weighted by Crippen LogP contribution is -2.41. The first-order valence-corrected chi connectivity index (χ1v) is 6.44. The van der Waals surface area contributed by atoms with E-state index in [1.54, 1.807) is 6.92 Å². The van der Waals surface area contributed by atoms with Crippen LogP contribution in [0.25, 0.3) is 10.4 Å². The minimum Gasteiger partial charge on any atom is -0.467 e. The van der Waals surface area contributed by atoms with E-state index in [4.69, 9.17) is 5.53 Å². The highest BCUT2D eigenvalue weighted by molar-refractivity contribution is 5.83. The second kappa shape index (κ2) is 11.3. The number of ether oxygens (including phenoxy) is 1. The maximum absolute atomic E-state index is 11.4. The number of rotatable bonds is 5. The van der Waals surface area contributed by atoms with Crippen molar-refractivity contribution in [1.82, 2.24) is 5.32 Å². The van der Waals surface area contributed by atoms with Gasteiger partial charge in [-0.15, -0.1) is 0 Å². The Bertz CT molecular complexity index is 484. The van der Waals surface area contributed by atoms with Gasteiger partial charge in [-0.25, -0.2) is 4.79 Å². The predicted molar refractivity (Wildman–Crippen MR) is 79.5 cm³/mol. The molecule has 1 aromatic rings. The molecule has 0 aromatic heterocycles. The van der Waals surface area contributed by atoms with Crippen LogP contribution in [-0.2, 0) is 20.7 Å². The summed E-state index contributed by atoms with van der Waals surface area (Å²) in [5.74, 6) is -0.676. The quantitative estimate of drug-likeness (QED) is 0.389. The molecule has 0 aliphatic carbocycles. The van der Waals surface area contributed by atoms with Crippen molar-refractivity contribution < 1.29 is 14.3 Å². The Hall–Kier alpha value is -2.53. The minimum atomic E-state index is -0.620. The van der Waals surface area contributed by atoms with Crippen molar-refractivity contribution in [2.75, 3.05) is 13.7 Å². The monoisotopic (exact) mass is 292 g/mol.